The van der Waals surface area contributed by atoms with Gasteiger partial charge >= 0.3 is 0 Å². The third-order valence-electron chi connectivity index (χ3n) is 7.60. The Labute approximate surface area is 266 Å². The number of fused-ring (bicyclic) bond motifs is 2. The van der Waals surface area contributed by atoms with Crippen molar-refractivity contribution in [3.63, 3.8) is 0 Å². The predicted octanol–water partition coefficient (Wildman–Crippen LogP) is 10.5. The van der Waals surface area contributed by atoms with Gasteiger partial charge in [-0.05, 0) is 62.0 Å². The number of nitrogens with zero attached hydrogens (tertiary/aromatic N) is 3. The lowest BCUT2D eigenvalue weighted by Crippen LogP contribution is -2.00. The van der Waals surface area contributed by atoms with Gasteiger partial charge in [0.25, 0.3) is 0 Å². The topological polar surface area (TPSA) is 38.7 Å². The zero-order chi connectivity index (χ0) is 35.4. The molecule has 206 valence electrons. The van der Waals surface area contributed by atoms with Crippen molar-refractivity contribution < 1.29 is 9.60 Å². The summed E-state index contributed by atoms with van der Waals surface area (Å²) < 4.78 is 59.9. The van der Waals surface area contributed by atoms with E-state index in [0.717, 1.165) is 33.0 Å². The molecule has 8 rings (SSSR count). The number of hydrogen-bond donors (Lipinski definition) is 0. The number of hydrogen-bond acceptors (Lipinski definition) is 3. The average molecular weight is 569 g/mol. The minimum Gasteiger partial charge on any atom is -0.208 e. The summed E-state index contributed by atoms with van der Waals surface area (Å²) in [5, 5.41) is 1.97. The Morgan fingerprint density at radius 2 is 0.909 bits per heavy atom. The minimum absolute atomic E-state index is 0.0299. The van der Waals surface area contributed by atoms with E-state index in [1.54, 1.807) is 0 Å². The highest BCUT2D eigenvalue weighted by Gasteiger charge is 2.15. The monoisotopic (exact) mass is 568 g/mol. The lowest BCUT2D eigenvalue weighted by Gasteiger charge is -2.11. The minimum atomic E-state index is -0.521. The van der Waals surface area contributed by atoms with Crippen LogP contribution in [0.3, 0.4) is 0 Å². The van der Waals surface area contributed by atoms with Crippen LogP contribution in [0.2, 0.25) is 0 Å². The Hall–Kier alpha value is -5.93. The van der Waals surface area contributed by atoms with Crippen molar-refractivity contribution in [1.82, 2.24) is 15.0 Å². The van der Waals surface area contributed by atoms with Crippen LogP contribution in [0.25, 0.3) is 78.0 Å². The van der Waals surface area contributed by atoms with Gasteiger partial charge in [-0.3, -0.25) is 0 Å². The van der Waals surface area contributed by atoms with E-state index in [1.807, 2.05) is 72.8 Å². The molecule has 0 aliphatic heterocycles. The van der Waals surface area contributed by atoms with Crippen molar-refractivity contribution in [2.75, 3.05) is 0 Å². The van der Waals surface area contributed by atoms with Gasteiger partial charge in [0.15, 0.2) is 17.5 Å². The zero-order valence-electron chi connectivity index (χ0n) is 30.4. The first kappa shape index (κ1) is 19.3. The number of rotatable bonds is 5. The molecule has 0 radical (unpaired) electrons. The Morgan fingerprint density at radius 1 is 0.364 bits per heavy atom. The summed E-state index contributed by atoms with van der Waals surface area (Å²) >= 11 is 0. The molecular formula is C41H27N3. The van der Waals surface area contributed by atoms with E-state index in [2.05, 4.69) is 48.5 Å². The summed E-state index contributed by atoms with van der Waals surface area (Å²) in [6, 6.07) is 36.8. The van der Waals surface area contributed by atoms with E-state index < -0.39 is 42.3 Å². The van der Waals surface area contributed by atoms with Crippen LogP contribution in [0.5, 0.6) is 0 Å². The molecule has 0 amide bonds. The van der Waals surface area contributed by atoms with E-state index in [-0.39, 0.29) is 33.8 Å². The van der Waals surface area contributed by atoms with Crippen LogP contribution in [0.4, 0.5) is 0 Å². The Kier molecular flexibility index (Phi) is 4.85. The maximum absolute atomic E-state index is 8.91. The van der Waals surface area contributed by atoms with E-state index >= 15 is 0 Å². The fourth-order valence-corrected chi connectivity index (χ4v) is 5.39. The first-order valence-electron chi connectivity index (χ1n) is 17.7. The van der Waals surface area contributed by atoms with Crippen LogP contribution < -0.4 is 0 Å². The second kappa shape index (κ2) is 11.0. The van der Waals surface area contributed by atoms with E-state index in [1.165, 1.54) is 0 Å². The molecule has 0 aliphatic carbocycles. The quantitative estimate of drug-likeness (QED) is 0.207. The molecule has 0 saturated heterocycles. The molecule has 0 fully saturated rings. The van der Waals surface area contributed by atoms with Crippen LogP contribution in [-0.4, -0.2) is 15.0 Å². The highest BCUT2D eigenvalue weighted by Crippen LogP contribution is 2.33. The molecule has 7 aromatic carbocycles. The molecule has 0 saturated carbocycles. The zero-order valence-corrected chi connectivity index (χ0v) is 23.4. The molecule has 1 aromatic heterocycles. The largest absolute Gasteiger partial charge is 0.208 e. The molecule has 0 unspecified atom stereocenters. The normalized spacial score (nSPS) is 13.4. The standard InChI is InChI=1S/C41H27N3/c1-3-11-28(12-4-1)32-21-22-35-26-33(23-24-34(35)25-32)31-17-9-18-36(27-31)40-42-39(30-14-5-2-6-15-30)43-41(44-40)38-20-10-16-29-13-7-8-19-37(29)38/h1-27H/i7D,8D,10D,13D,16D,19D,20D. The van der Waals surface area contributed by atoms with Gasteiger partial charge in [-0.15, -0.1) is 0 Å². The van der Waals surface area contributed by atoms with Crippen LogP contribution >= 0.6 is 0 Å². The Balaban J connectivity index is 1.30. The second-order valence-corrected chi connectivity index (χ2v) is 10.4. The van der Waals surface area contributed by atoms with Gasteiger partial charge in [-0.1, -0.05) is 145 Å². The molecule has 0 spiro atoms. The molecule has 1 heterocycles. The smallest absolute Gasteiger partial charge is 0.164 e. The van der Waals surface area contributed by atoms with Crippen LogP contribution in [0.15, 0.2) is 164 Å². The fourth-order valence-electron chi connectivity index (χ4n) is 5.39. The molecule has 0 atom stereocenters. The van der Waals surface area contributed by atoms with Crippen molar-refractivity contribution in [3.8, 4) is 56.4 Å². The molecule has 0 bridgehead atoms. The van der Waals surface area contributed by atoms with Crippen LogP contribution in [0, 0.1) is 0 Å². The summed E-state index contributed by atoms with van der Waals surface area (Å²) in [6.45, 7) is 0. The maximum atomic E-state index is 8.91. The van der Waals surface area contributed by atoms with E-state index in [9.17, 15) is 0 Å². The van der Waals surface area contributed by atoms with Crippen molar-refractivity contribution in [2.24, 2.45) is 0 Å². The molecule has 8 aromatic rings. The number of benzene rings is 7. The predicted molar refractivity (Wildman–Crippen MR) is 182 cm³/mol. The summed E-state index contributed by atoms with van der Waals surface area (Å²) in [5.41, 5.74) is 5.50. The summed E-state index contributed by atoms with van der Waals surface area (Å²) in [5.74, 6) is 0.539. The van der Waals surface area contributed by atoms with Crippen molar-refractivity contribution in [1.29, 1.82) is 0 Å². The fraction of sp³-hybridized carbons (Fsp3) is 0. The Morgan fingerprint density at radius 3 is 1.66 bits per heavy atom. The average Bonchev–Trinajstić information content (AvgIpc) is 3.18. The molecule has 3 heteroatoms. The highest BCUT2D eigenvalue weighted by atomic mass is 15.0. The van der Waals surface area contributed by atoms with Gasteiger partial charge < -0.3 is 0 Å². The van der Waals surface area contributed by atoms with Gasteiger partial charge in [0.2, 0.25) is 0 Å². The lowest BCUT2D eigenvalue weighted by atomic mass is 9.97. The third-order valence-corrected chi connectivity index (χ3v) is 7.60. The molecule has 44 heavy (non-hydrogen) atoms. The molecule has 3 nitrogen and oxygen atoms in total. The van der Waals surface area contributed by atoms with E-state index in [4.69, 9.17) is 24.5 Å². The summed E-state index contributed by atoms with van der Waals surface area (Å²) in [4.78, 5) is 14.3. The van der Waals surface area contributed by atoms with Crippen molar-refractivity contribution in [3.05, 3.63) is 164 Å². The van der Waals surface area contributed by atoms with Gasteiger partial charge in [-0.25, -0.2) is 15.0 Å². The molecule has 0 N–H and O–H groups in total. The number of aromatic nitrogens is 3. The highest BCUT2D eigenvalue weighted by molar-refractivity contribution is 5.95. The summed E-state index contributed by atoms with van der Waals surface area (Å²) in [7, 11) is 0. The van der Waals surface area contributed by atoms with Gasteiger partial charge in [0.05, 0.1) is 9.60 Å². The second-order valence-electron chi connectivity index (χ2n) is 10.4. The van der Waals surface area contributed by atoms with E-state index in [0.29, 0.717) is 11.1 Å². The van der Waals surface area contributed by atoms with Crippen molar-refractivity contribution in [2.45, 2.75) is 0 Å². The SMILES string of the molecule is [2H]c1c([2H])c([2H])c2c(-c3nc(-c4ccccc4)nc(-c4cccc(-c5ccc6cc(-c7ccccc7)ccc6c5)c4)n3)c([2H])c([2H])c([2H])c2c1[2H]. The lowest BCUT2D eigenvalue weighted by molar-refractivity contribution is 1.08. The first-order valence-corrected chi connectivity index (χ1v) is 14.2. The van der Waals surface area contributed by atoms with Gasteiger partial charge in [-0.2, -0.15) is 0 Å². The molecule has 0 aliphatic rings. The van der Waals surface area contributed by atoms with Crippen LogP contribution in [0.1, 0.15) is 9.60 Å². The van der Waals surface area contributed by atoms with Crippen LogP contribution in [-0.2, 0) is 0 Å². The van der Waals surface area contributed by atoms with Crippen molar-refractivity contribution >= 4 is 21.5 Å². The third kappa shape index (κ3) is 4.91. The van der Waals surface area contributed by atoms with Gasteiger partial charge in [0, 0.05) is 16.7 Å². The summed E-state index contributed by atoms with van der Waals surface area (Å²) in [6.07, 6.45) is 0. The molecular weight excluding hydrogens is 534 g/mol. The first-order chi connectivity index (χ1) is 24.7. The van der Waals surface area contributed by atoms with Gasteiger partial charge in [0.1, 0.15) is 0 Å². The Bertz CT molecular complexity index is 2660. The maximum Gasteiger partial charge on any atom is 0.164 e.